The van der Waals surface area contributed by atoms with Gasteiger partial charge in [0.1, 0.15) is 0 Å². The third-order valence-corrected chi connectivity index (χ3v) is 3.40. The minimum Gasteiger partial charge on any atom is -0.394 e. The fourth-order valence-electron chi connectivity index (χ4n) is 0.813. The smallest absolute Gasteiger partial charge is 0.277 e. The molecule has 0 heterocycles. The van der Waals surface area contributed by atoms with Gasteiger partial charge in [0.15, 0.2) is 0 Å². The van der Waals surface area contributed by atoms with Crippen molar-refractivity contribution in [3.05, 3.63) is 0 Å². The van der Waals surface area contributed by atoms with Crippen LogP contribution < -0.4 is 9.44 Å². The Balaban J connectivity index is 4.33. The molecule has 0 aromatic rings. The van der Waals surface area contributed by atoms with Gasteiger partial charge in [-0.25, -0.2) is 4.72 Å². The van der Waals surface area contributed by atoms with Crippen LogP contribution in [-0.2, 0) is 10.2 Å². The predicted molar refractivity (Wildman–Crippen MR) is 56.1 cm³/mol. The molecule has 0 rings (SSSR count). The van der Waals surface area contributed by atoms with Crippen molar-refractivity contribution >= 4 is 10.2 Å². The number of aliphatic hydroxyl groups is 1. The van der Waals surface area contributed by atoms with Crippen molar-refractivity contribution in [3.63, 3.8) is 0 Å². The van der Waals surface area contributed by atoms with Crippen molar-refractivity contribution in [2.24, 2.45) is 0 Å². The fourth-order valence-corrected chi connectivity index (χ4v) is 2.22. The van der Waals surface area contributed by atoms with Crippen LogP contribution in [0.4, 0.5) is 0 Å². The molecule has 0 spiro atoms. The Kier molecular flexibility index (Phi) is 5.58. The third-order valence-electron chi connectivity index (χ3n) is 2.05. The number of nitrogens with one attached hydrogen (secondary N) is 2. The molecular weight excluding hydrogens is 204 g/mol. The second-order valence-electron chi connectivity index (χ2n) is 3.57. The number of hydrogen-bond donors (Lipinski definition) is 3. The lowest BCUT2D eigenvalue weighted by Gasteiger charge is -2.26. The van der Waals surface area contributed by atoms with Crippen LogP contribution >= 0.6 is 0 Å². The Hall–Kier alpha value is -0.170. The van der Waals surface area contributed by atoms with Gasteiger partial charge in [0, 0.05) is 6.54 Å². The molecule has 0 aliphatic rings. The Morgan fingerprint density at radius 3 is 2.29 bits per heavy atom. The van der Waals surface area contributed by atoms with Crippen molar-refractivity contribution in [1.82, 2.24) is 9.44 Å². The minimum atomic E-state index is -3.49. The lowest BCUT2D eigenvalue weighted by Crippen LogP contribution is -2.52. The van der Waals surface area contributed by atoms with Crippen molar-refractivity contribution in [1.29, 1.82) is 0 Å². The minimum absolute atomic E-state index is 0.212. The summed E-state index contributed by atoms with van der Waals surface area (Å²) in [4.78, 5) is 0. The van der Waals surface area contributed by atoms with Gasteiger partial charge >= 0.3 is 0 Å². The Morgan fingerprint density at radius 1 is 1.36 bits per heavy atom. The first-order chi connectivity index (χ1) is 6.39. The molecule has 0 radical (unpaired) electrons. The van der Waals surface area contributed by atoms with Crippen molar-refractivity contribution in [3.8, 4) is 0 Å². The summed E-state index contributed by atoms with van der Waals surface area (Å²) in [6.45, 7) is 5.56. The maximum Gasteiger partial charge on any atom is 0.277 e. The van der Waals surface area contributed by atoms with Gasteiger partial charge in [-0.15, -0.1) is 0 Å². The SMILES string of the molecule is CCCNS(=O)(=O)NC(C)(CC)CO. The number of rotatable bonds is 7. The van der Waals surface area contributed by atoms with E-state index in [0.717, 1.165) is 6.42 Å². The Labute approximate surface area is 86.1 Å². The molecule has 0 amide bonds. The van der Waals surface area contributed by atoms with E-state index < -0.39 is 15.7 Å². The molecule has 5 nitrogen and oxygen atoms in total. The topological polar surface area (TPSA) is 78.4 Å². The van der Waals surface area contributed by atoms with Gasteiger partial charge in [-0.3, -0.25) is 0 Å². The average molecular weight is 224 g/mol. The highest BCUT2D eigenvalue weighted by atomic mass is 32.2. The predicted octanol–water partition coefficient (Wildman–Crippen LogP) is -0.0186. The van der Waals surface area contributed by atoms with Gasteiger partial charge in [-0.2, -0.15) is 13.1 Å². The van der Waals surface area contributed by atoms with Crippen LogP contribution in [0.15, 0.2) is 0 Å². The van der Waals surface area contributed by atoms with Gasteiger partial charge in [0.25, 0.3) is 10.2 Å². The molecule has 0 fully saturated rings. The largest absolute Gasteiger partial charge is 0.394 e. The zero-order chi connectivity index (χ0) is 11.2. The molecular formula is C8H20N2O3S. The lowest BCUT2D eigenvalue weighted by molar-refractivity contribution is 0.190. The summed E-state index contributed by atoms with van der Waals surface area (Å²) < 4.78 is 27.6. The van der Waals surface area contributed by atoms with Crippen LogP contribution in [0.1, 0.15) is 33.6 Å². The van der Waals surface area contributed by atoms with Crippen molar-refractivity contribution < 1.29 is 13.5 Å². The highest BCUT2D eigenvalue weighted by molar-refractivity contribution is 7.87. The van der Waals surface area contributed by atoms with Crippen LogP contribution in [0, 0.1) is 0 Å². The van der Waals surface area contributed by atoms with Crippen molar-refractivity contribution in [2.75, 3.05) is 13.2 Å². The number of hydrogen-bond acceptors (Lipinski definition) is 3. The third kappa shape index (κ3) is 4.90. The first-order valence-corrected chi connectivity index (χ1v) is 6.27. The molecule has 0 saturated carbocycles. The van der Waals surface area contributed by atoms with E-state index in [1.54, 1.807) is 6.92 Å². The van der Waals surface area contributed by atoms with E-state index >= 15 is 0 Å². The quantitative estimate of drug-likeness (QED) is 0.569. The van der Waals surface area contributed by atoms with Gasteiger partial charge in [-0.05, 0) is 19.8 Å². The summed E-state index contributed by atoms with van der Waals surface area (Å²) in [5.74, 6) is 0. The molecule has 1 unspecified atom stereocenters. The molecule has 6 heteroatoms. The van der Waals surface area contributed by atoms with E-state index in [9.17, 15) is 8.42 Å². The second-order valence-corrected chi connectivity index (χ2v) is 5.07. The summed E-state index contributed by atoms with van der Waals surface area (Å²) in [6, 6.07) is 0. The zero-order valence-corrected chi connectivity index (χ0v) is 9.82. The van der Waals surface area contributed by atoms with Gasteiger partial charge in [0.2, 0.25) is 0 Å². The highest BCUT2D eigenvalue weighted by Gasteiger charge is 2.26. The van der Waals surface area contributed by atoms with Crippen LogP contribution in [0.5, 0.6) is 0 Å². The normalized spacial score (nSPS) is 16.6. The standard InChI is InChI=1S/C8H20N2O3S/c1-4-6-9-14(12,13)10-8(3,5-2)7-11/h9-11H,4-7H2,1-3H3. The molecule has 86 valence electrons. The van der Waals surface area contributed by atoms with E-state index in [-0.39, 0.29) is 6.61 Å². The summed E-state index contributed by atoms with van der Waals surface area (Å²) in [5.41, 5.74) is -0.778. The van der Waals surface area contributed by atoms with Gasteiger partial charge in [0.05, 0.1) is 12.1 Å². The lowest BCUT2D eigenvalue weighted by atomic mass is 10.0. The monoisotopic (exact) mass is 224 g/mol. The van der Waals surface area contributed by atoms with Crippen LogP contribution in [0.25, 0.3) is 0 Å². The molecule has 14 heavy (non-hydrogen) atoms. The molecule has 1 atom stereocenters. The maximum atomic E-state index is 11.4. The van der Waals surface area contributed by atoms with E-state index in [1.165, 1.54) is 0 Å². The average Bonchev–Trinajstić information content (AvgIpc) is 2.14. The highest BCUT2D eigenvalue weighted by Crippen LogP contribution is 2.08. The Bertz CT molecular complexity index is 247. The molecule has 0 aromatic carbocycles. The molecule has 3 N–H and O–H groups in total. The van der Waals surface area contributed by atoms with E-state index in [1.807, 2.05) is 13.8 Å². The first-order valence-electron chi connectivity index (χ1n) is 4.78. The molecule has 0 aromatic heterocycles. The van der Waals surface area contributed by atoms with Crippen LogP contribution in [-0.4, -0.2) is 32.2 Å². The molecule has 0 aliphatic carbocycles. The summed E-state index contributed by atoms with van der Waals surface area (Å²) >= 11 is 0. The summed E-state index contributed by atoms with van der Waals surface area (Å²) in [7, 11) is -3.49. The maximum absolute atomic E-state index is 11.4. The molecule has 0 saturated heterocycles. The van der Waals surface area contributed by atoms with E-state index in [2.05, 4.69) is 9.44 Å². The zero-order valence-electron chi connectivity index (χ0n) is 9.00. The van der Waals surface area contributed by atoms with E-state index in [4.69, 9.17) is 5.11 Å². The second kappa shape index (κ2) is 5.65. The molecule has 0 aliphatic heterocycles. The van der Waals surface area contributed by atoms with Crippen molar-refractivity contribution in [2.45, 2.75) is 39.2 Å². The van der Waals surface area contributed by atoms with Crippen LogP contribution in [0.3, 0.4) is 0 Å². The first kappa shape index (κ1) is 13.8. The van der Waals surface area contributed by atoms with Crippen LogP contribution in [0.2, 0.25) is 0 Å². The van der Waals surface area contributed by atoms with Gasteiger partial charge < -0.3 is 5.11 Å². The van der Waals surface area contributed by atoms with E-state index in [0.29, 0.717) is 13.0 Å². The molecule has 0 bridgehead atoms. The number of aliphatic hydroxyl groups excluding tert-OH is 1. The van der Waals surface area contributed by atoms with Gasteiger partial charge in [-0.1, -0.05) is 13.8 Å². The summed E-state index contributed by atoms with van der Waals surface area (Å²) in [5, 5.41) is 9.02. The Morgan fingerprint density at radius 2 is 1.93 bits per heavy atom. The summed E-state index contributed by atoms with van der Waals surface area (Å²) in [6.07, 6.45) is 1.28. The fraction of sp³-hybridized carbons (Fsp3) is 1.00.